The summed E-state index contributed by atoms with van der Waals surface area (Å²) in [5, 5.41) is 10.7. The molecule has 0 radical (unpaired) electrons. The Labute approximate surface area is 645 Å². The van der Waals surface area contributed by atoms with Gasteiger partial charge in [0.05, 0.1) is 26.4 Å². The van der Waals surface area contributed by atoms with Gasteiger partial charge in [0, 0.05) is 25.7 Å². The number of ether oxygens (including phenoxy) is 4. The summed E-state index contributed by atoms with van der Waals surface area (Å²) in [4.78, 5) is 73.2. The van der Waals surface area contributed by atoms with Crippen LogP contribution in [-0.4, -0.2) is 96.7 Å². The molecule has 0 fully saturated rings. The number of phosphoric acid groups is 2. The first-order chi connectivity index (χ1) is 50.9. The zero-order valence-electron chi connectivity index (χ0n) is 69.0. The van der Waals surface area contributed by atoms with Crippen molar-refractivity contribution < 1.29 is 80.2 Å². The van der Waals surface area contributed by atoms with Crippen molar-refractivity contribution in [2.24, 2.45) is 11.8 Å². The van der Waals surface area contributed by atoms with Crippen LogP contribution in [0, 0.1) is 11.8 Å². The molecule has 624 valence electrons. The van der Waals surface area contributed by atoms with E-state index >= 15 is 0 Å². The fraction of sp³-hybridized carbons (Fsp3) is 0.953. The zero-order chi connectivity index (χ0) is 77.1. The zero-order valence-corrected chi connectivity index (χ0v) is 70.8. The summed E-state index contributed by atoms with van der Waals surface area (Å²) < 4.78 is 68.9. The van der Waals surface area contributed by atoms with Gasteiger partial charge in [-0.05, 0) is 37.5 Å². The van der Waals surface area contributed by atoms with Gasteiger partial charge in [-0.15, -0.1) is 0 Å². The predicted molar refractivity (Wildman–Crippen MR) is 432 cm³/mol. The summed E-state index contributed by atoms with van der Waals surface area (Å²) in [5.41, 5.74) is 0. The first kappa shape index (κ1) is 103. The van der Waals surface area contributed by atoms with Crippen molar-refractivity contribution in [3.63, 3.8) is 0 Å². The molecule has 0 bridgehead atoms. The summed E-state index contributed by atoms with van der Waals surface area (Å²) in [7, 11) is -9.93. The lowest BCUT2D eigenvalue weighted by Crippen LogP contribution is -2.30. The molecule has 105 heavy (non-hydrogen) atoms. The van der Waals surface area contributed by atoms with E-state index in [0.717, 1.165) is 102 Å². The molecule has 0 heterocycles. The smallest absolute Gasteiger partial charge is 0.462 e. The molecule has 17 nitrogen and oxygen atoms in total. The number of unbranched alkanes of at least 4 members (excludes halogenated alkanes) is 54. The minimum Gasteiger partial charge on any atom is -0.462 e. The van der Waals surface area contributed by atoms with Crippen molar-refractivity contribution in [2.75, 3.05) is 39.6 Å². The Morgan fingerprint density at radius 2 is 0.486 bits per heavy atom. The van der Waals surface area contributed by atoms with Crippen LogP contribution in [-0.2, 0) is 65.4 Å². The molecule has 0 rings (SSSR count). The monoisotopic (exact) mass is 1540 g/mol. The number of phosphoric ester groups is 2. The highest BCUT2D eigenvalue weighted by molar-refractivity contribution is 7.47. The first-order valence-corrected chi connectivity index (χ1v) is 47.5. The quantitative estimate of drug-likeness (QED) is 0.0222. The molecule has 3 unspecified atom stereocenters. The lowest BCUT2D eigenvalue weighted by Gasteiger charge is -2.21. The van der Waals surface area contributed by atoms with Gasteiger partial charge < -0.3 is 33.8 Å². The van der Waals surface area contributed by atoms with E-state index in [9.17, 15) is 43.2 Å². The Morgan fingerprint density at radius 3 is 0.724 bits per heavy atom. The maximum Gasteiger partial charge on any atom is 0.472 e. The maximum atomic E-state index is 13.1. The summed E-state index contributed by atoms with van der Waals surface area (Å²) in [6.45, 7) is 9.69. The summed E-state index contributed by atoms with van der Waals surface area (Å²) in [6.07, 6.45) is 69.4. The van der Waals surface area contributed by atoms with Crippen LogP contribution < -0.4 is 0 Å². The lowest BCUT2D eigenvalue weighted by molar-refractivity contribution is -0.161. The fourth-order valence-electron chi connectivity index (χ4n) is 13.4. The molecule has 0 aromatic heterocycles. The number of esters is 4. The van der Waals surface area contributed by atoms with Crippen molar-refractivity contribution in [2.45, 2.75) is 477 Å². The van der Waals surface area contributed by atoms with Gasteiger partial charge in [-0.25, -0.2) is 9.13 Å². The Balaban J connectivity index is 5.24. The van der Waals surface area contributed by atoms with Crippen LogP contribution >= 0.6 is 15.6 Å². The van der Waals surface area contributed by atoms with Crippen LogP contribution in [0.25, 0.3) is 0 Å². The number of aliphatic hydroxyl groups excluding tert-OH is 1. The maximum absolute atomic E-state index is 13.1. The van der Waals surface area contributed by atoms with Gasteiger partial charge >= 0.3 is 39.5 Å². The molecule has 0 saturated heterocycles. The van der Waals surface area contributed by atoms with Gasteiger partial charge in [-0.1, -0.05) is 408 Å². The molecule has 3 N–H and O–H groups in total. The van der Waals surface area contributed by atoms with Crippen LogP contribution in [0.3, 0.4) is 0 Å². The molecule has 0 amide bonds. The predicted octanol–water partition coefficient (Wildman–Crippen LogP) is 26.2. The van der Waals surface area contributed by atoms with Gasteiger partial charge in [0.25, 0.3) is 0 Å². The van der Waals surface area contributed by atoms with Crippen molar-refractivity contribution >= 4 is 39.5 Å². The van der Waals surface area contributed by atoms with E-state index < -0.39 is 97.5 Å². The SMILES string of the molecule is CCCCCCCCCCCCCCCCCCCCCCCCC(=O)O[C@H](COC(=O)CCCCCCCCCCCCCCCCCC)COP(=O)(O)OC[C@@H](O)COP(=O)(O)OC[C@@H](COC(=O)CCCCCCCCCCCCC(C)C)OC(=O)CCCCCCCCCCCCC(C)CC. The molecular weight excluding hydrogens is 1370 g/mol. The fourth-order valence-corrected chi connectivity index (χ4v) is 15.0. The van der Waals surface area contributed by atoms with Gasteiger partial charge in [0.2, 0.25) is 0 Å². The highest BCUT2D eigenvalue weighted by atomic mass is 31.2. The van der Waals surface area contributed by atoms with Crippen LogP contribution in [0.15, 0.2) is 0 Å². The van der Waals surface area contributed by atoms with E-state index in [1.807, 2.05) is 0 Å². The summed E-state index contributed by atoms with van der Waals surface area (Å²) >= 11 is 0. The van der Waals surface area contributed by atoms with E-state index in [1.165, 1.54) is 276 Å². The summed E-state index contributed by atoms with van der Waals surface area (Å²) in [6, 6.07) is 0. The average molecular weight is 1540 g/mol. The van der Waals surface area contributed by atoms with Crippen molar-refractivity contribution in [3.8, 4) is 0 Å². The second-order valence-electron chi connectivity index (χ2n) is 31.6. The third kappa shape index (κ3) is 78.5. The molecular formula is C86H168O17P2. The molecule has 0 saturated carbocycles. The summed E-state index contributed by atoms with van der Waals surface area (Å²) in [5.74, 6) is -0.541. The molecule has 0 aliphatic rings. The van der Waals surface area contributed by atoms with Crippen LogP contribution in [0.2, 0.25) is 0 Å². The second-order valence-corrected chi connectivity index (χ2v) is 34.6. The van der Waals surface area contributed by atoms with Gasteiger partial charge in [0.1, 0.15) is 19.3 Å². The standard InChI is InChI=1S/C86H168O17P2/c1-7-10-12-14-16-18-20-22-24-26-27-28-29-30-31-33-35-37-46-52-58-64-70-85(90)102-81(74-96-83(88)68-62-56-50-44-36-34-32-25-23-21-19-17-15-13-11-8-2)76-100-104(92,93)98-72-80(87)73-99-105(94,95)101-77-82(75-97-84(89)69-63-57-51-45-40-38-42-48-54-60-66-78(4)5)103-86(91)71-65-59-53-47-41-39-43-49-55-61-67-79(6)9-3/h78-82,87H,7-77H2,1-6H3,(H,92,93)(H,94,95)/t79?,80-,81-,82-/m1/s1. The highest BCUT2D eigenvalue weighted by Crippen LogP contribution is 2.45. The number of carbonyl (C=O) groups is 4. The molecule has 0 spiro atoms. The van der Waals surface area contributed by atoms with Crippen LogP contribution in [0.5, 0.6) is 0 Å². The molecule has 0 aliphatic heterocycles. The number of rotatable bonds is 85. The average Bonchev–Trinajstić information content (AvgIpc) is 0.907. The second kappa shape index (κ2) is 77.4. The number of aliphatic hydroxyl groups is 1. The van der Waals surface area contributed by atoms with E-state index in [1.54, 1.807) is 0 Å². The van der Waals surface area contributed by atoms with Crippen LogP contribution in [0.4, 0.5) is 0 Å². The topological polar surface area (TPSA) is 237 Å². The molecule has 19 heteroatoms. The molecule has 0 aromatic carbocycles. The number of hydrogen-bond donors (Lipinski definition) is 3. The molecule has 6 atom stereocenters. The Kier molecular flexibility index (Phi) is 76.0. The third-order valence-corrected chi connectivity index (χ3v) is 22.5. The van der Waals surface area contributed by atoms with E-state index in [-0.39, 0.29) is 25.7 Å². The van der Waals surface area contributed by atoms with Crippen molar-refractivity contribution in [1.29, 1.82) is 0 Å². The van der Waals surface area contributed by atoms with Crippen molar-refractivity contribution in [1.82, 2.24) is 0 Å². The van der Waals surface area contributed by atoms with Crippen molar-refractivity contribution in [3.05, 3.63) is 0 Å². The first-order valence-electron chi connectivity index (χ1n) is 44.5. The number of carbonyl (C=O) groups excluding carboxylic acids is 4. The minimum atomic E-state index is -4.97. The Hall–Kier alpha value is -1.94. The minimum absolute atomic E-state index is 0.106. The van der Waals surface area contributed by atoms with Gasteiger partial charge in [-0.3, -0.25) is 37.3 Å². The van der Waals surface area contributed by atoms with Crippen LogP contribution in [0.1, 0.15) is 459 Å². The van der Waals surface area contributed by atoms with E-state index in [2.05, 4.69) is 41.5 Å². The normalized spacial score (nSPS) is 14.1. The Morgan fingerprint density at radius 1 is 0.276 bits per heavy atom. The van der Waals surface area contributed by atoms with Gasteiger partial charge in [0.15, 0.2) is 12.2 Å². The lowest BCUT2D eigenvalue weighted by atomic mass is 9.99. The molecule has 0 aromatic rings. The largest absolute Gasteiger partial charge is 0.472 e. The highest BCUT2D eigenvalue weighted by Gasteiger charge is 2.30. The van der Waals surface area contributed by atoms with Gasteiger partial charge in [-0.2, -0.15) is 0 Å². The third-order valence-electron chi connectivity index (χ3n) is 20.6. The van der Waals surface area contributed by atoms with E-state index in [4.69, 9.17) is 37.0 Å². The number of hydrogen-bond acceptors (Lipinski definition) is 15. The molecule has 0 aliphatic carbocycles. The Bertz CT molecular complexity index is 2010. The van der Waals surface area contributed by atoms with E-state index in [0.29, 0.717) is 25.7 Å².